The van der Waals surface area contributed by atoms with Gasteiger partial charge < -0.3 is 15.8 Å². The van der Waals surface area contributed by atoms with Crippen LogP contribution in [-0.4, -0.2) is 17.5 Å². The maximum absolute atomic E-state index is 11.6. The predicted octanol–water partition coefficient (Wildman–Crippen LogP) is 1.36. The minimum atomic E-state index is -0.201. The molecular formula is C14H15N3O2. The zero-order valence-corrected chi connectivity index (χ0v) is 10.4. The van der Waals surface area contributed by atoms with Crippen LogP contribution in [0.2, 0.25) is 0 Å². The molecule has 0 fully saturated rings. The van der Waals surface area contributed by atoms with E-state index in [1.165, 1.54) is 0 Å². The third-order valence-electron chi connectivity index (χ3n) is 2.42. The summed E-state index contributed by atoms with van der Waals surface area (Å²) in [5, 5.41) is 2.73. The molecular weight excluding hydrogens is 242 g/mol. The summed E-state index contributed by atoms with van der Waals surface area (Å²) in [6.45, 7) is 0.344. The minimum Gasteiger partial charge on any atom is -0.484 e. The van der Waals surface area contributed by atoms with Gasteiger partial charge in [-0.15, -0.1) is 0 Å². The Hall–Kier alpha value is -2.56. The van der Waals surface area contributed by atoms with Crippen LogP contribution in [0.15, 0.2) is 48.7 Å². The number of nitrogens with two attached hydrogens (primary N) is 1. The Morgan fingerprint density at radius 2 is 2.16 bits per heavy atom. The Kier molecular flexibility index (Phi) is 4.34. The summed E-state index contributed by atoms with van der Waals surface area (Å²) < 4.78 is 5.32. The number of nitrogens with one attached hydrogen (secondary N) is 1. The van der Waals surface area contributed by atoms with Crippen molar-refractivity contribution in [3.63, 3.8) is 0 Å². The van der Waals surface area contributed by atoms with Crippen LogP contribution in [0, 0.1) is 0 Å². The van der Waals surface area contributed by atoms with E-state index in [-0.39, 0.29) is 12.5 Å². The van der Waals surface area contributed by atoms with Gasteiger partial charge in [-0.2, -0.15) is 0 Å². The second-order valence-electron chi connectivity index (χ2n) is 3.96. The van der Waals surface area contributed by atoms with Crippen LogP contribution in [0.5, 0.6) is 5.75 Å². The fourth-order valence-electron chi connectivity index (χ4n) is 1.50. The van der Waals surface area contributed by atoms with Crippen molar-refractivity contribution in [1.82, 2.24) is 10.3 Å². The van der Waals surface area contributed by atoms with Crippen molar-refractivity contribution < 1.29 is 9.53 Å². The van der Waals surface area contributed by atoms with Gasteiger partial charge >= 0.3 is 0 Å². The fourth-order valence-corrected chi connectivity index (χ4v) is 1.50. The largest absolute Gasteiger partial charge is 0.484 e. The molecule has 0 saturated carbocycles. The van der Waals surface area contributed by atoms with Gasteiger partial charge in [0.25, 0.3) is 5.91 Å². The number of hydrogen-bond acceptors (Lipinski definition) is 4. The fraction of sp³-hybridized carbons (Fsp3) is 0.143. The number of carbonyl (C=O) groups is 1. The lowest BCUT2D eigenvalue weighted by Gasteiger charge is -2.07. The molecule has 0 aliphatic carbocycles. The summed E-state index contributed by atoms with van der Waals surface area (Å²) >= 11 is 0. The number of benzene rings is 1. The molecule has 98 valence electrons. The van der Waals surface area contributed by atoms with E-state index in [2.05, 4.69) is 10.3 Å². The molecule has 0 radical (unpaired) electrons. The van der Waals surface area contributed by atoms with Crippen LogP contribution in [0.4, 0.5) is 5.69 Å². The zero-order chi connectivity index (χ0) is 13.5. The van der Waals surface area contributed by atoms with E-state index in [1.807, 2.05) is 18.2 Å². The van der Waals surface area contributed by atoms with E-state index in [4.69, 9.17) is 10.5 Å². The topological polar surface area (TPSA) is 77.2 Å². The van der Waals surface area contributed by atoms with E-state index in [0.29, 0.717) is 18.0 Å². The number of ether oxygens (including phenoxy) is 1. The van der Waals surface area contributed by atoms with Gasteiger partial charge in [-0.3, -0.25) is 9.78 Å². The lowest BCUT2D eigenvalue weighted by molar-refractivity contribution is -0.123. The summed E-state index contributed by atoms with van der Waals surface area (Å²) in [6, 6.07) is 12.5. The Morgan fingerprint density at radius 3 is 2.89 bits per heavy atom. The number of hydrogen-bond donors (Lipinski definition) is 2. The first-order chi connectivity index (χ1) is 9.24. The normalized spacial score (nSPS) is 9.89. The van der Waals surface area contributed by atoms with Gasteiger partial charge in [0.1, 0.15) is 5.75 Å². The SMILES string of the molecule is Nc1cccc(OCC(=O)NCc2ccccn2)c1. The predicted molar refractivity (Wildman–Crippen MR) is 72.4 cm³/mol. The van der Waals surface area contributed by atoms with E-state index in [0.717, 1.165) is 5.69 Å². The molecule has 5 nitrogen and oxygen atoms in total. The van der Waals surface area contributed by atoms with Crippen LogP contribution < -0.4 is 15.8 Å². The Morgan fingerprint density at radius 1 is 1.26 bits per heavy atom. The van der Waals surface area contributed by atoms with Crippen LogP contribution >= 0.6 is 0 Å². The molecule has 3 N–H and O–H groups in total. The number of rotatable bonds is 5. The van der Waals surface area contributed by atoms with Crippen LogP contribution in [-0.2, 0) is 11.3 Å². The first-order valence-electron chi connectivity index (χ1n) is 5.89. The first-order valence-corrected chi connectivity index (χ1v) is 5.89. The molecule has 0 saturated heterocycles. The number of pyridine rings is 1. The Bertz CT molecular complexity index is 543. The second-order valence-corrected chi connectivity index (χ2v) is 3.96. The lowest BCUT2D eigenvalue weighted by Crippen LogP contribution is -2.28. The third kappa shape index (κ3) is 4.31. The summed E-state index contributed by atoms with van der Waals surface area (Å²) in [4.78, 5) is 15.7. The number of nitrogen functional groups attached to an aromatic ring is 1. The summed E-state index contributed by atoms with van der Waals surface area (Å²) in [5.41, 5.74) is 7.02. The Balaban J connectivity index is 1.76. The van der Waals surface area contributed by atoms with Crippen molar-refractivity contribution in [2.75, 3.05) is 12.3 Å². The van der Waals surface area contributed by atoms with E-state index in [9.17, 15) is 4.79 Å². The van der Waals surface area contributed by atoms with E-state index < -0.39 is 0 Å². The maximum Gasteiger partial charge on any atom is 0.258 e. The van der Waals surface area contributed by atoms with Crippen molar-refractivity contribution in [1.29, 1.82) is 0 Å². The molecule has 0 atom stereocenters. The molecule has 2 rings (SSSR count). The highest BCUT2D eigenvalue weighted by Gasteiger charge is 2.03. The monoisotopic (exact) mass is 257 g/mol. The number of anilines is 1. The van der Waals surface area contributed by atoms with Gasteiger partial charge in [-0.05, 0) is 24.3 Å². The molecule has 1 aromatic carbocycles. The number of nitrogens with zero attached hydrogens (tertiary/aromatic N) is 1. The molecule has 0 spiro atoms. The minimum absolute atomic E-state index is 0.0454. The van der Waals surface area contributed by atoms with Gasteiger partial charge in [0, 0.05) is 18.0 Å². The molecule has 1 heterocycles. The molecule has 1 amide bonds. The molecule has 2 aromatic rings. The highest BCUT2D eigenvalue weighted by Crippen LogP contribution is 2.13. The van der Waals surface area contributed by atoms with Crippen molar-refractivity contribution in [2.24, 2.45) is 0 Å². The average Bonchev–Trinajstić information content (AvgIpc) is 2.44. The quantitative estimate of drug-likeness (QED) is 0.793. The summed E-state index contributed by atoms with van der Waals surface area (Å²) in [5.74, 6) is 0.376. The van der Waals surface area contributed by atoms with Gasteiger partial charge in [-0.1, -0.05) is 12.1 Å². The van der Waals surface area contributed by atoms with E-state index >= 15 is 0 Å². The van der Waals surface area contributed by atoms with Gasteiger partial charge in [0.2, 0.25) is 0 Å². The number of amides is 1. The molecule has 0 aliphatic rings. The molecule has 0 unspecified atom stereocenters. The summed E-state index contributed by atoms with van der Waals surface area (Å²) in [6.07, 6.45) is 1.69. The second kappa shape index (κ2) is 6.39. The highest BCUT2D eigenvalue weighted by atomic mass is 16.5. The van der Waals surface area contributed by atoms with Crippen LogP contribution in [0.3, 0.4) is 0 Å². The molecule has 19 heavy (non-hydrogen) atoms. The molecule has 1 aromatic heterocycles. The van der Waals surface area contributed by atoms with Crippen molar-refractivity contribution in [3.8, 4) is 5.75 Å². The third-order valence-corrected chi connectivity index (χ3v) is 2.42. The lowest BCUT2D eigenvalue weighted by atomic mass is 10.3. The maximum atomic E-state index is 11.6. The van der Waals surface area contributed by atoms with Gasteiger partial charge in [0.05, 0.1) is 12.2 Å². The Labute approximate surface area is 111 Å². The van der Waals surface area contributed by atoms with E-state index in [1.54, 1.807) is 30.5 Å². The number of carbonyl (C=O) groups excluding carboxylic acids is 1. The zero-order valence-electron chi connectivity index (χ0n) is 10.4. The van der Waals surface area contributed by atoms with Crippen molar-refractivity contribution >= 4 is 11.6 Å². The smallest absolute Gasteiger partial charge is 0.258 e. The standard InChI is InChI=1S/C14H15N3O2/c15-11-4-3-6-13(8-11)19-10-14(18)17-9-12-5-1-2-7-16-12/h1-8H,9-10,15H2,(H,17,18). The van der Waals surface area contributed by atoms with Crippen molar-refractivity contribution in [2.45, 2.75) is 6.54 Å². The molecule has 0 bridgehead atoms. The van der Waals surface area contributed by atoms with Crippen LogP contribution in [0.1, 0.15) is 5.69 Å². The summed E-state index contributed by atoms with van der Waals surface area (Å²) in [7, 11) is 0. The van der Waals surface area contributed by atoms with Gasteiger partial charge in [-0.25, -0.2) is 0 Å². The number of aromatic nitrogens is 1. The highest BCUT2D eigenvalue weighted by molar-refractivity contribution is 5.77. The van der Waals surface area contributed by atoms with Gasteiger partial charge in [0.15, 0.2) is 6.61 Å². The average molecular weight is 257 g/mol. The molecule has 5 heteroatoms. The first kappa shape index (κ1) is 12.9. The van der Waals surface area contributed by atoms with Crippen molar-refractivity contribution in [3.05, 3.63) is 54.4 Å². The van der Waals surface area contributed by atoms with Crippen LogP contribution in [0.25, 0.3) is 0 Å². The molecule has 0 aliphatic heterocycles.